The minimum absolute atomic E-state index is 0.0547. The Bertz CT molecular complexity index is 338. The van der Waals surface area contributed by atoms with E-state index < -0.39 is 0 Å². The van der Waals surface area contributed by atoms with Crippen molar-refractivity contribution in [1.82, 2.24) is 9.97 Å². The fourth-order valence-electron chi connectivity index (χ4n) is 1.01. The van der Waals surface area contributed by atoms with Gasteiger partial charge in [-0.3, -0.25) is 4.79 Å². The monoisotopic (exact) mass is 207 g/mol. The number of carbonyl (C=O) groups is 1. The minimum Gasteiger partial charge on any atom is -0.347 e. The van der Waals surface area contributed by atoms with Crippen molar-refractivity contribution in [2.45, 2.75) is 33.1 Å². The third-order valence-corrected chi connectivity index (χ3v) is 2.01. The average molecular weight is 207 g/mol. The molecule has 1 heterocycles. The first-order chi connectivity index (χ1) is 6.89. The maximum Gasteiger partial charge on any atom is 0.222 e. The van der Waals surface area contributed by atoms with Crippen LogP contribution in [0.1, 0.15) is 33.3 Å². The van der Waals surface area contributed by atoms with E-state index >= 15 is 0 Å². The first-order valence-corrected chi connectivity index (χ1v) is 4.95. The quantitative estimate of drug-likeness (QED) is 0.820. The van der Waals surface area contributed by atoms with Crippen molar-refractivity contribution in [3.63, 3.8) is 0 Å². The number of carbonyl (C=O) groups excluding carboxylic acids is 1. The van der Waals surface area contributed by atoms with Gasteiger partial charge in [0.15, 0.2) is 0 Å². The van der Waals surface area contributed by atoms with Gasteiger partial charge in [0.05, 0.1) is 6.54 Å². The summed E-state index contributed by atoms with van der Waals surface area (Å²) in [6.45, 7) is 8.11. The van der Waals surface area contributed by atoms with E-state index in [2.05, 4.69) is 36.1 Å². The molecule has 0 fully saturated rings. The highest BCUT2D eigenvalue weighted by atomic mass is 16.1. The van der Waals surface area contributed by atoms with E-state index in [9.17, 15) is 4.79 Å². The standard InChI is InChI=1S/C11H17N3O/c1-8(15)5-12-10-13-6-9(7-14-10)11(2,3)4/h6-7H,5H2,1-4H3,(H,12,13,14). The minimum atomic E-state index is 0.0547. The fourth-order valence-corrected chi connectivity index (χ4v) is 1.01. The molecule has 0 amide bonds. The van der Waals surface area contributed by atoms with Gasteiger partial charge >= 0.3 is 0 Å². The molecule has 0 saturated carbocycles. The van der Waals surface area contributed by atoms with Crippen LogP contribution in [-0.2, 0) is 10.2 Å². The summed E-state index contributed by atoms with van der Waals surface area (Å²) in [6, 6.07) is 0. The van der Waals surface area contributed by atoms with E-state index in [4.69, 9.17) is 0 Å². The molecule has 0 aliphatic heterocycles. The Morgan fingerprint density at radius 2 is 1.87 bits per heavy atom. The zero-order valence-corrected chi connectivity index (χ0v) is 9.66. The van der Waals surface area contributed by atoms with Crippen LogP contribution in [0, 0.1) is 0 Å². The van der Waals surface area contributed by atoms with Crippen LogP contribution in [0.15, 0.2) is 12.4 Å². The lowest BCUT2D eigenvalue weighted by Gasteiger charge is -2.17. The molecule has 0 aromatic carbocycles. The second kappa shape index (κ2) is 4.38. The molecule has 0 saturated heterocycles. The Balaban J connectivity index is 2.69. The molecule has 1 aromatic rings. The molecule has 82 valence electrons. The summed E-state index contributed by atoms with van der Waals surface area (Å²) in [7, 11) is 0. The highest BCUT2D eigenvalue weighted by Crippen LogP contribution is 2.20. The van der Waals surface area contributed by atoms with Crippen LogP contribution in [0.2, 0.25) is 0 Å². The second-order valence-electron chi connectivity index (χ2n) is 4.60. The Labute approximate surface area is 90.1 Å². The van der Waals surface area contributed by atoms with Crippen LogP contribution in [-0.4, -0.2) is 22.3 Å². The van der Waals surface area contributed by atoms with Crippen LogP contribution in [0.25, 0.3) is 0 Å². The lowest BCUT2D eigenvalue weighted by atomic mass is 9.89. The molecule has 1 N–H and O–H groups in total. The molecular formula is C11H17N3O. The number of nitrogens with one attached hydrogen (secondary N) is 1. The third-order valence-electron chi connectivity index (χ3n) is 2.01. The van der Waals surface area contributed by atoms with Crippen LogP contribution < -0.4 is 5.32 Å². The summed E-state index contributed by atoms with van der Waals surface area (Å²) in [4.78, 5) is 19.0. The van der Waals surface area contributed by atoms with Gasteiger partial charge in [-0.1, -0.05) is 20.8 Å². The molecule has 0 aliphatic rings. The molecule has 4 nitrogen and oxygen atoms in total. The molecule has 1 rings (SSSR count). The predicted molar refractivity (Wildman–Crippen MR) is 59.9 cm³/mol. The largest absolute Gasteiger partial charge is 0.347 e. The first-order valence-electron chi connectivity index (χ1n) is 4.95. The molecule has 0 unspecified atom stereocenters. The summed E-state index contributed by atoms with van der Waals surface area (Å²) in [5.41, 5.74) is 1.13. The maximum atomic E-state index is 10.7. The molecule has 1 aromatic heterocycles. The van der Waals surface area contributed by atoms with Crippen LogP contribution in [0.5, 0.6) is 0 Å². The van der Waals surface area contributed by atoms with Crippen molar-refractivity contribution in [2.24, 2.45) is 0 Å². The Kier molecular flexibility index (Phi) is 3.39. The Morgan fingerprint density at radius 1 is 1.33 bits per heavy atom. The Hall–Kier alpha value is -1.45. The zero-order valence-electron chi connectivity index (χ0n) is 9.66. The van der Waals surface area contributed by atoms with Gasteiger partial charge in [0, 0.05) is 12.4 Å². The number of anilines is 1. The normalized spacial score (nSPS) is 11.2. The molecule has 4 heteroatoms. The lowest BCUT2D eigenvalue weighted by molar-refractivity contribution is -0.115. The number of nitrogens with zero attached hydrogens (tertiary/aromatic N) is 2. The molecule has 0 aliphatic carbocycles. The highest BCUT2D eigenvalue weighted by Gasteiger charge is 2.14. The summed E-state index contributed by atoms with van der Waals surface area (Å²) >= 11 is 0. The number of ketones is 1. The zero-order chi connectivity index (χ0) is 11.5. The van der Waals surface area contributed by atoms with Gasteiger partial charge in [0.25, 0.3) is 0 Å². The third kappa shape index (κ3) is 3.65. The number of aromatic nitrogens is 2. The van der Waals surface area contributed by atoms with Gasteiger partial charge in [0.1, 0.15) is 5.78 Å². The summed E-state index contributed by atoms with van der Waals surface area (Å²) < 4.78 is 0. The van der Waals surface area contributed by atoms with Gasteiger partial charge in [-0.05, 0) is 17.9 Å². The number of Topliss-reactive ketones (excluding diaryl/α,β-unsaturated/α-hetero) is 1. The van der Waals surface area contributed by atoms with Crippen LogP contribution >= 0.6 is 0 Å². The van der Waals surface area contributed by atoms with E-state index in [0.29, 0.717) is 5.95 Å². The van der Waals surface area contributed by atoms with Crippen molar-refractivity contribution in [1.29, 1.82) is 0 Å². The molecule has 0 bridgehead atoms. The summed E-state index contributed by atoms with van der Waals surface area (Å²) in [5.74, 6) is 0.566. The topological polar surface area (TPSA) is 54.9 Å². The Morgan fingerprint density at radius 3 is 2.27 bits per heavy atom. The maximum absolute atomic E-state index is 10.7. The molecule has 0 atom stereocenters. The number of rotatable bonds is 3. The molecule has 0 spiro atoms. The van der Waals surface area contributed by atoms with Crippen molar-refractivity contribution in [3.05, 3.63) is 18.0 Å². The first kappa shape index (κ1) is 11.6. The smallest absolute Gasteiger partial charge is 0.222 e. The van der Waals surface area contributed by atoms with Crippen LogP contribution in [0.4, 0.5) is 5.95 Å². The van der Waals surface area contributed by atoms with Crippen molar-refractivity contribution in [2.75, 3.05) is 11.9 Å². The van der Waals surface area contributed by atoms with E-state index in [1.165, 1.54) is 6.92 Å². The van der Waals surface area contributed by atoms with Crippen LogP contribution in [0.3, 0.4) is 0 Å². The van der Waals surface area contributed by atoms with Gasteiger partial charge in [0.2, 0.25) is 5.95 Å². The van der Waals surface area contributed by atoms with E-state index in [0.717, 1.165) is 5.56 Å². The molecule has 15 heavy (non-hydrogen) atoms. The van der Waals surface area contributed by atoms with E-state index in [1.807, 2.05) is 0 Å². The number of hydrogen-bond acceptors (Lipinski definition) is 4. The van der Waals surface area contributed by atoms with Gasteiger partial charge in [-0.25, -0.2) is 9.97 Å². The van der Waals surface area contributed by atoms with E-state index in [1.54, 1.807) is 12.4 Å². The van der Waals surface area contributed by atoms with Crippen molar-refractivity contribution >= 4 is 11.7 Å². The van der Waals surface area contributed by atoms with Crippen molar-refractivity contribution in [3.8, 4) is 0 Å². The SMILES string of the molecule is CC(=O)CNc1ncc(C(C)(C)C)cn1. The highest BCUT2D eigenvalue weighted by molar-refractivity contribution is 5.79. The van der Waals surface area contributed by atoms with Crippen molar-refractivity contribution < 1.29 is 4.79 Å². The summed E-state index contributed by atoms with van der Waals surface area (Å²) in [6.07, 6.45) is 3.57. The predicted octanol–water partition coefficient (Wildman–Crippen LogP) is 1.77. The molecular weight excluding hydrogens is 190 g/mol. The average Bonchev–Trinajstić information content (AvgIpc) is 2.14. The fraction of sp³-hybridized carbons (Fsp3) is 0.545. The van der Waals surface area contributed by atoms with Gasteiger partial charge in [-0.15, -0.1) is 0 Å². The van der Waals surface area contributed by atoms with Gasteiger partial charge < -0.3 is 5.32 Å². The van der Waals surface area contributed by atoms with Gasteiger partial charge in [-0.2, -0.15) is 0 Å². The molecule has 0 radical (unpaired) electrons. The number of hydrogen-bond donors (Lipinski definition) is 1. The van der Waals surface area contributed by atoms with E-state index in [-0.39, 0.29) is 17.7 Å². The second-order valence-corrected chi connectivity index (χ2v) is 4.60. The lowest BCUT2D eigenvalue weighted by Crippen LogP contribution is -2.15. The summed E-state index contributed by atoms with van der Waals surface area (Å²) in [5, 5.41) is 2.85.